The summed E-state index contributed by atoms with van der Waals surface area (Å²) in [5, 5.41) is -5.75. The van der Waals surface area contributed by atoms with Crippen molar-refractivity contribution in [1.29, 1.82) is 0 Å². The van der Waals surface area contributed by atoms with Crippen LogP contribution in [-0.4, -0.2) is 57.6 Å². The zero-order valence-corrected chi connectivity index (χ0v) is 11.9. The summed E-state index contributed by atoms with van der Waals surface area (Å²) >= 11 is 0. The molecule has 1 heterocycles. The quantitative estimate of drug-likeness (QED) is 0.278. The highest BCUT2D eigenvalue weighted by Crippen LogP contribution is 2.40. The molecule has 0 amide bonds. The third kappa shape index (κ3) is 4.48. The van der Waals surface area contributed by atoms with Gasteiger partial charge in [0.05, 0.1) is 19.0 Å². The van der Waals surface area contributed by atoms with Crippen molar-refractivity contribution in [2.45, 2.75) is 30.1 Å². The molecule has 0 N–H and O–H groups in total. The molecule has 0 spiro atoms. The molecule has 0 aromatic carbocycles. The Balaban J connectivity index is 2.45. The van der Waals surface area contributed by atoms with E-state index in [2.05, 4.69) is 8.92 Å². The topological polar surface area (TPSA) is 110 Å². The molecule has 1 fully saturated rings. The van der Waals surface area contributed by atoms with Crippen LogP contribution in [-0.2, 0) is 29.2 Å². The molecule has 1 rings (SSSR count). The van der Waals surface area contributed by atoms with Crippen LogP contribution >= 0.6 is 0 Å². The van der Waals surface area contributed by atoms with E-state index in [-0.39, 0.29) is 12.2 Å². The second-order valence-electron chi connectivity index (χ2n) is 4.27. The fraction of sp³-hybridized carbons (Fsp3) is 1.00. The van der Waals surface area contributed by atoms with Crippen molar-refractivity contribution in [2.75, 3.05) is 19.0 Å². The van der Waals surface area contributed by atoms with Crippen molar-refractivity contribution in [2.24, 2.45) is 0 Å². The van der Waals surface area contributed by atoms with Crippen molar-refractivity contribution in [3.05, 3.63) is 0 Å². The fourth-order valence-corrected chi connectivity index (χ4v) is 3.12. The molecular weight excluding hydrogens is 348 g/mol. The molecule has 1 aliphatic rings. The normalized spacial score (nSPS) is 23.4. The minimum absolute atomic E-state index is 0.0594. The highest BCUT2D eigenvalue weighted by atomic mass is 32.2. The van der Waals surface area contributed by atoms with Crippen LogP contribution in [0.25, 0.3) is 0 Å². The van der Waals surface area contributed by atoms with Gasteiger partial charge in [0.25, 0.3) is 10.1 Å². The molecular formula is C8H11F4O7S2-. The second-order valence-corrected chi connectivity index (χ2v) is 7.41. The van der Waals surface area contributed by atoms with Crippen molar-refractivity contribution >= 4 is 20.2 Å². The Morgan fingerprint density at radius 2 is 1.86 bits per heavy atom. The molecule has 0 saturated carbocycles. The average Bonchev–Trinajstić information content (AvgIpc) is 2.63. The van der Waals surface area contributed by atoms with Crippen molar-refractivity contribution in [3.63, 3.8) is 0 Å². The predicted molar refractivity (Wildman–Crippen MR) is 58.3 cm³/mol. The van der Waals surface area contributed by atoms with Gasteiger partial charge < -0.3 is 9.29 Å². The molecule has 7 nitrogen and oxygen atoms in total. The van der Waals surface area contributed by atoms with E-state index in [1.54, 1.807) is 0 Å². The standard InChI is InChI=1S/C8H12F4O7S2/c9-7(10,8(11,12)21(15,16)17)2-3-18-5-6-1-4-20(13,14)19-6/h6H,1-5H2,(H,15,16,17)/p-1. The molecule has 0 radical (unpaired) electrons. The Kier molecular flexibility index (Phi) is 5.25. The summed E-state index contributed by atoms with van der Waals surface area (Å²) in [4.78, 5) is 0. The number of rotatable bonds is 7. The van der Waals surface area contributed by atoms with Crippen molar-refractivity contribution in [3.8, 4) is 0 Å². The summed E-state index contributed by atoms with van der Waals surface area (Å²) in [6.07, 6.45) is -2.57. The zero-order valence-electron chi connectivity index (χ0n) is 10.3. The van der Waals surface area contributed by atoms with Crippen LogP contribution in [0.5, 0.6) is 0 Å². The van der Waals surface area contributed by atoms with Crippen LogP contribution in [0.1, 0.15) is 12.8 Å². The molecule has 0 aromatic rings. The Bertz CT molecular complexity index is 571. The zero-order chi connectivity index (χ0) is 16.5. The third-order valence-electron chi connectivity index (χ3n) is 2.58. The lowest BCUT2D eigenvalue weighted by molar-refractivity contribution is -0.171. The van der Waals surface area contributed by atoms with E-state index in [9.17, 15) is 39.0 Å². The highest BCUT2D eigenvalue weighted by Gasteiger charge is 2.61. The van der Waals surface area contributed by atoms with Crippen LogP contribution in [0.2, 0.25) is 0 Å². The number of halogens is 4. The smallest absolute Gasteiger partial charge is 0.396 e. The summed E-state index contributed by atoms with van der Waals surface area (Å²) in [7, 11) is -10.2. The number of hydrogen-bond donors (Lipinski definition) is 0. The van der Waals surface area contributed by atoms with Crippen molar-refractivity contribution in [1.82, 2.24) is 0 Å². The first-order valence-electron chi connectivity index (χ1n) is 5.48. The first kappa shape index (κ1) is 18.5. The van der Waals surface area contributed by atoms with Gasteiger partial charge in [0.2, 0.25) is 0 Å². The first-order valence-corrected chi connectivity index (χ1v) is 8.47. The maximum atomic E-state index is 13.0. The maximum absolute atomic E-state index is 13.0. The van der Waals surface area contributed by atoms with Gasteiger partial charge in [-0.2, -0.15) is 26.0 Å². The van der Waals surface area contributed by atoms with Gasteiger partial charge in [0, 0.05) is 6.42 Å². The molecule has 13 heteroatoms. The Morgan fingerprint density at radius 1 is 1.29 bits per heavy atom. The van der Waals surface area contributed by atoms with E-state index in [1.807, 2.05) is 0 Å². The molecule has 1 unspecified atom stereocenters. The summed E-state index contributed by atoms with van der Waals surface area (Å²) in [6.45, 7) is -1.44. The lowest BCUT2D eigenvalue weighted by atomic mass is 10.2. The summed E-state index contributed by atoms with van der Waals surface area (Å²) < 4.78 is 113. The number of alkyl halides is 4. The molecule has 126 valence electrons. The van der Waals surface area contributed by atoms with Gasteiger partial charge in [-0.15, -0.1) is 0 Å². The second kappa shape index (κ2) is 5.95. The predicted octanol–water partition coefficient (Wildman–Crippen LogP) is 0.285. The van der Waals surface area contributed by atoms with E-state index in [0.29, 0.717) is 0 Å². The van der Waals surface area contributed by atoms with Gasteiger partial charge in [-0.25, -0.2) is 8.42 Å². The Hall–Kier alpha value is -0.500. The van der Waals surface area contributed by atoms with Crippen molar-refractivity contribution < 1.29 is 47.9 Å². The summed E-state index contributed by atoms with van der Waals surface area (Å²) in [5.41, 5.74) is 0. The molecule has 21 heavy (non-hydrogen) atoms. The Morgan fingerprint density at radius 3 is 2.29 bits per heavy atom. The van der Waals surface area contributed by atoms with E-state index >= 15 is 0 Å². The van der Waals surface area contributed by atoms with Gasteiger partial charge in [-0.1, -0.05) is 0 Å². The van der Waals surface area contributed by atoms with Crippen LogP contribution in [0.15, 0.2) is 0 Å². The van der Waals surface area contributed by atoms with E-state index < -0.39 is 57.2 Å². The van der Waals surface area contributed by atoms with E-state index in [1.165, 1.54) is 0 Å². The molecule has 1 atom stereocenters. The molecule has 0 bridgehead atoms. The largest absolute Gasteiger partial charge is 0.743 e. The van der Waals surface area contributed by atoms with Gasteiger partial charge in [-0.05, 0) is 6.42 Å². The minimum atomic E-state index is -6.52. The molecule has 1 saturated heterocycles. The van der Waals surface area contributed by atoms with E-state index in [4.69, 9.17) is 0 Å². The summed E-state index contributed by atoms with van der Waals surface area (Å²) in [6, 6.07) is 0. The fourth-order valence-electron chi connectivity index (χ4n) is 1.43. The first-order chi connectivity index (χ1) is 9.29. The van der Waals surface area contributed by atoms with Gasteiger partial charge in [0.15, 0.2) is 10.1 Å². The summed E-state index contributed by atoms with van der Waals surface area (Å²) in [5.74, 6) is -5.38. The van der Waals surface area contributed by atoms with E-state index in [0.717, 1.165) is 0 Å². The molecule has 0 aromatic heterocycles. The number of ether oxygens (including phenoxy) is 1. The average molecular weight is 359 g/mol. The lowest BCUT2D eigenvalue weighted by Crippen LogP contribution is -2.47. The molecule has 0 aliphatic carbocycles. The van der Waals surface area contributed by atoms with Crippen LogP contribution in [0.3, 0.4) is 0 Å². The maximum Gasteiger partial charge on any atom is 0.396 e. The van der Waals surface area contributed by atoms with Gasteiger partial charge in [0.1, 0.15) is 6.10 Å². The minimum Gasteiger partial charge on any atom is -0.743 e. The van der Waals surface area contributed by atoms with Crippen LogP contribution in [0, 0.1) is 0 Å². The van der Waals surface area contributed by atoms with Crippen LogP contribution < -0.4 is 0 Å². The SMILES string of the molecule is O=S1(=O)CCC(COCCC(F)(F)C(F)(F)S(=O)(=O)[O-])O1. The molecule has 1 aliphatic heterocycles. The number of hydrogen-bond acceptors (Lipinski definition) is 7. The lowest BCUT2D eigenvalue weighted by Gasteiger charge is -2.28. The Labute approximate surface area is 118 Å². The highest BCUT2D eigenvalue weighted by molar-refractivity contribution is 7.87. The monoisotopic (exact) mass is 359 g/mol. The van der Waals surface area contributed by atoms with Gasteiger partial charge >= 0.3 is 11.2 Å². The third-order valence-corrected chi connectivity index (χ3v) is 4.80. The van der Waals surface area contributed by atoms with Gasteiger partial charge in [-0.3, -0.25) is 4.18 Å². The van der Waals surface area contributed by atoms with Crippen LogP contribution in [0.4, 0.5) is 17.6 Å².